The third-order valence-electron chi connectivity index (χ3n) is 4.11. The Morgan fingerprint density at radius 2 is 2.17 bits per heavy atom. The van der Waals surface area contributed by atoms with Crippen LogP contribution >= 0.6 is 0 Å². The zero-order valence-corrected chi connectivity index (χ0v) is 13.3. The van der Waals surface area contributed by atoms with E-state index < -0.39 is 9.04 Å². The van der Waals surface area contributed by atoms with Gasteiger partial charge in [0.25, 0.3) is 0 Å². The molecule has 18 heavy (non-hydrogen) atoms. The Balaban J connectivity index is 2.08. The molecule has 1 fully saturated rings. The van der Waals surface area contributed by atoms with Gasteiger partial charge in [0, 0.05) is 12.8 Å². The first-order chi connectivity index (χ1) is 8.32. The van der Waals surface area contributed by atoms with Gasteiger partial charge in [0.15, 0.2) is 9.04 Å². The number of nitrogens with zero attached hydrogens (tertiary/aromatic N) is 1. The Labute approximate surface area is 112 Å². The third kappa shape index (κ3) is 2.41. The molecule has 0 radical (unpaired) electrons. The molecule has 4 heteroatoms. The van der Waals surface area contributed by atoms with Crippen molar-refractivity contribution in [3.05, 3.63) is 12.3 Å². The molecule has 3 nitrogen and oxygen atoms in total. The summed E-state index contributed by atoms with van der Waals surface area (Å²) in [5.74, 6) is 0.788. The molecular weight excluding hydrogens is 242 g/mol. The Hall–Kier alpha value is -0.613. The second-order valence-electron chi connectivity index (χ2n) is 6.81. The summed E-state index contributed by atoms with van der Waals surface area (Å²) in [5, 5.41) is 0. The fourth-order valence-electron chi connectivity index (χ4n) is 2.98. The van der Waals surface area contributed by atoms with Crippen molar-refractivity contribution in [3.8, 4) is 0 Å². The average Bonchev–Trinajstić information content (AvgIpc) is 2.65. The average molecular weight is 267 g/mol. The van der Waals surface area contributed by atoms with Crippen LogP contribution in [0.1, 0.15) is 27.2 Å². The van der Waals surface area contributed by atoms with Gasteiger partial charge < -0.3 is 9.33 Å². The summed E-state index contributed by atoms with van der Waals surface area (Å²) in [6, 6.07) is 0.402. The number of hydrogen-bond donors (Lipinski definition) is 0. The van der Waals surface area contributed by atoms with Gasteiger partial charge in [0.2, 0.25) is 5.91 Å². The molecule has 0 aromatic rings. The van der Waals surface area contributed by atoms with Gasteiger partial charge in [0.1, 0.15) is 0 Å². The van der Waals surface area contributed by atoms with Crippen LogP contribution in [0.2, 0.25) is 13.1 Å². The van der Waals surface area contributed by atoms with Crippen LogP contribution in [0.4, 0.5) is 0 Å². The molecule has 102 valence electrons. The van der Waals surface area contributed by atoms with Crippen molar-refractivity contribution < 1.29 is 9.22 Å². The Bertz CT molecular complexity index is 359. The van der Waals surface area contributed by atoms with Crippen LogP contribution in [0.3, 0.4) is 0 Å². The molecule has 2 aliphatic rings. The highest BCUT2D eigenvalue weighted by molar-refractivity contribution is 6.48. The first kappa shape index (κ1) is 13.8. The number of amides is 1. The number of carbonyl (C=O) groups excluding carboxylic acids is 1. The highest BCUT2D eigenvalue weighted by Gasteiger charge is 2.53. The fraction of sp³-hybridized carbons (Fsp3) is 0.786. The van der Waals surface area contributed by atoms with Crippen molar-refractivity contribution in [2.45, 2.75) is 46.3 Å². The number of fused-ring (bicyclic) bond motifs is 1. The second kappa shape index (κ2) is 4.81. The number of rotatable bonds is 4. The predicted molar refractivity (Wildman–Crippen MR) is 75.7 cm³/mol. The van der Waals surface area contributed by atoms with Crippen molar-refractivity contribution in [2.75, 3.05) is 6.61 Å². The van der Waals surface area contributed by atoms with E-state index in [1.54, 1.807) is 0 Å². The maximum Gasteiger partial charge on any atom is 0.232 e. The lowest BCUT2D eigenvalue weighted by atomic mass is 9.67. The van der Waals surface area contributed by atoms with Crippen molar-refractivity contribution in [3.63, 3.8) is 0 Å². The predicted octanol–water partition coefficient (Wildman–Crippen LogP) is 2.39. The van der Waals surface area contributed by atoms with Crippen molar-refractivity contribution in [1.29, 1.82) is 0 Å². The first-order valence-corrected chi connectivity index (χ1v) is 9.71. The van der Waals surface area contributed by atoms with E-state index in [0.29, 0.717) is 17.9 Å². The molecule has 0 saturated carbocycles. The van der Waals surface area contributed by atoms with Crippen molar-refractivity contribution in [2.24, 2.45) is 17.3 Å². The SMILES string of the molecule is C[SiH](C)OCC(C1C(=O)N2C=CCC12)C(C)(C)C. The van der Waals surface area contributed by atoms with Gasteiger partial charge in [0.05, 0.1) is 12.0 Å². The molecule has 3 atom stereocenters. The second-order valence-corrected chi connectivity index (χ2v) is 9.24. The lowest BCUT2D eigenvalue weighted by molar-refractivity contribution is -0.158. The molecule has 3 unspecified atom stereocenters. The normalized spacial score (nSPS) is 28.6. The van der Waals surface area contributed by atoms with E-state index in [1.165, 1.54) is 0 Å². The molecule has 0 aliphatic carbocycles. The highest BCUT2D eigenvalue weighted by Crippen LogP contribution is 2.45. The quantitative estimate of drug-likeness (QED) is 0.578. The minimum absolute atomic E-state index is 0.123. The molecule has 0 spiro atoms. The minimum Gasteiger partial charge on any atom is -0.420 e. The van der Waals surface area contributed by atoms with E-state index in [2.05, 4.69) is 39.9 Å². The van der Waals surface area contributed by atoms with Gasteiger partial charge in [-0.1, -0.05) is 26.8 Å². The smallest absolute Gasteiger partial charge is 0.232 e. The first-order valence-electron chi connectivity index (χ1n) is 6.93. The molecule has 0 aromatic heterocycles. The largest absolute Gasteiger partial charge is 0.420 e. The van der Waals surface area contributed by atoms with E-state index in [1.807, 2.05) is 11.1 Å². The zero-order chi connectivity index (χ0) is 13.5. The highest BCUT2D eigenvalue weighted by atomic mass is 28.3. The summed E-state index contributed by atoms with van der Waals surface area (Å²) >= 11 is 0. The van der Waals surface area contributed by atoms with Crippen LogP contribution in [-0.2, 0) is 9.22 Å². The number of hydrogen-bond acceptors (Lipinski definition) is 2. The Kier molecular flexibility index (Phi) is 3.69. The van der Waals surface area contributed by atoms with Gasteiger partial charge in [-0.05, 0) is 30.8 Å². The molecule has 2 rings (SSSR count). The van der Waals surface area contributed by atoms with Crippen LogP contribution in [0.15, 0.2) is 12.3 Å². The van der Waals surface area contributed by atoms with Gasteiger partial charge in [-0.15, -0.1) is 0 Å². The van der Waals surface area contributed by atoms with Crippen LogP contribution in [0, 0.1) is 17.3 Å². The molecule has 0 bridgehead atoms. The van der Waals surface area contributed by atoms with E-state index >= 15 is 0 Å². The van der Waals surface area contributed by atoms with Crippen LogP contribution in [-0.4, -0.2) is 32.5 Å². The Morgan fingerprint density at radius 3 is 2.72 bits per heavy atom. The van der Waals surface area contributed by atoms with Crippen molar-refractivity contribution in [1.82, 2.24) is 4.90 Å². The topological polar surface area (TPSA) is 29.5 Å². The number of carbonyl (C=O) groups is 1. The molecule has 0 aromatic carbocycles. The number of β-lactam (4-membered cyclic amide) rings is 1. The fourth-order valence-corrected chi connectivity index (χ4v) is 3.57. The third-order valence-corrected chi connectivity index (χ3v) is 4.97. The molecular formula is C14H25NO2Si. The summed E-state index contributed by atoms with van der Waals surface area (Å²) in [7, 11) is -1.02. The maximum atomic E-state index is 12.2. The lowest BCUT2D eigenvalue weighted by Gasteiger charge is -2.49. The van der Waals surface area contributed by atoms with Crippen LogP contribution in [0.5, 0.6) is 0 Å². The molecule has 1 saturated heterocycles. The summed E-state index contributed by atoms with van der Waals surface area (Å²) in [5.41, 5.74) is 0.123. The van der Waals surface area contributed by atoms with E-state index in [0.717, 1.165) is 13.0 Å². The standard InChI is InChI=1S/C14H25NO2Si/c1-14(2,3)10(9-17-18(4)5)12-11-7-6-8-15(11)13(12)16/h6,8,10-12,18H,7,9H2,1-5H3. The summed E-state index contributed by atoms with van der Waals surface area (Å²) < 4.78 is 5.93. The van der Waals surface area contributed by atoms with Gasteiger partial charge in [-0.25, -0.2) is 0 Å². The molecule has 1 amide bonds. The monoisotopic (exact) mass is 267 g/mol. The molecule has 0 N–H and O–H groups in total. The van der Waals surface area contributed by atoms with Gasteiger partial charge in [-0.2, -0.15) is 0 Å². The lowest BCUT2D eigenvalue weighted by Crippen LogP contribution is -2.61. The molecule has 2 aliphatic heterocycles. The Morgan fingerprint density at radius 1 is 1.50 bits per heavy atom. The van der Waals surface area contributed by atoms with Gasteiger partial charge >= 0.3 is 0 Å². The van der Waals surface area contributed by atoms with E-state index in [-0.39, 0.29) is 11.3 Å². The van der Waals surface area contributed by atoms with Crippen molar-refractivity contribution >= 4 is 14.9 Å². The maximum absolute atomic E-state index is 12.2. The van der Waals surface area contributed by atoms with Crippen LogP contribution < -0.4 is 0 Å². The summed E-state index contributed by atoms with van der Waals surface area (Å²) in [6.07, 6.45) is 5.07. The summed E-state index contributed by atoms with van der Waals surface area (Å²) in [6.45, 7) is 11.8. The minimum atomic E-state index is -1.02. The molecule has 2 heterocycles. The van der Waals surface area contributed by atoms with E-state index in [9.17, 15) is 4.79 Å². The summed E-state index contributed by atoms with van der Waals surface area (Å²) in [4.78, 5) is 14.1. The van der Waals surface area contributed by atoms with Crippen LogP contribution in [0.25, 0.3) is 0 Å². The van der Waals surface area contributed by atoms with Gasteiger partial charge in [-0.3, -0.25) is 4.79 Å². The zero-order valence-electron chi connectivity index (χ0n) is 12.1. The van der Waals surface area contributed by atoms with E-state index in [4.69, 9.17) is 4.43 Å².